The van der Waals surface area contributed by atoms with E-state index in [-0.39, 0.29) is 12.3 Å². The lowest BCUT2D eigenvalue weighted by molar-refractivity contribution is -0.157. The fraction of sp³-hybridized carbons (Fsp3) is 0.344. The molecular formula is C32H30BClN4O5S. The maximum atomic E-state index is 11.9. The highest BCUT2D eigenvalue weighted by Gasteiger charge is 2.33. The molecular weight excluding hydrogens is 599 g/mol. The molecule has 5 aromatic rings. The van der Waals surface area contributed by atoms with Gasteiger partial charge in [-0.25, -0.2) is 9.67 Å². The first-order chi connectivity index (χ1) is 21.1. The second-order valence-electron chi connectivity index (χ2n) is 11.7. The third kappa shape index (κ3) is 5.31. The van der Waals surface area contributed by atoms with Crippen molar-refractivity contribution >= 4 is 57.9 Å². The molecule has 3 aromatic carbocycles. The fourth-order valence-electron chi connectivity index (χ4n) is 6.46. The van der Waals surface area contributed by atoms with E-state index in [1.807, 2.05) is 37.3 Å². The van der Waals surface area contributed by atoms with Gasteiger partial charge in [0.1, 0.15) is 5.01 Å². The normalized spacial score (nSPS) is 17.0. The molecule has 2 aliphatic rings. The monoisotopic (exact) mass is 628 g/mol. The van der Waals surface area contributed by atoms with E-state index in [0.717, 1.165) is 97.9 Å². The molecule has 0 bridgehead atoms. The summed E-state index contributed by atoms with van der Waals surface area (Å²) in [5, 5.41) is 37.2. The number of hydrogen-bond donors (Lipinski definition) is 3. The Kier molecular flexibility index (Phi) is 7.51. The van der Waals surface area contributed by atoms with Crippen LogP contribution in [0.25, 0.3) is 42.8 Å². The van der Waals surface area contributed by atoms with E-state index in [2.05, 4.69) is 10.00 Å². The predicted molar refractivity (Wildman–Crippen MR) is 171 cm³/mol. The number of aliphatic hydroxyl groups is 2. The minimum Gasteiger partial charge on any atom is -0.481 e. The number of aliphatic carboxylic acids is 1. The van der Waals surface area contributed by atoms with Crippen LogP contribution < -0.4 is 0 Å². The molecule has 0 amide bonds. The lowest BCUT2D eigenvalue weighted by Crippen LogP contribution is -2.51. The first kappa shape index (κ1) is 29.4. The van der Waals surface area contributed by atoms with E-state index < -0.39 is 11.8 Å². The van der Waals surface area contributed by atoms with Crippen molar-refractivity contribution in [1.29, 1.82) is 0 Å². The zero-order valence-corrected chi connectivity index (χ0v) is 25.6. The van der Waals surface area contributed by atoms with E-state index >= 15 is 0 Å². The third-order valence-electron chi connectivity index (χ3n) is 8.79. The SMILES string of the molecule is [B]C(O)(O)n1nc(C2CCN(C3COC3)CC2)c2cc(-c3nc4cc(C)c(CC(=O)O)c(-c5ccc(Cl)cc5)c4s3)ccc21. The molecule has 0 unspecified atom stereocenters. The van der Waals surface area contributed by atoms with Crippen LogP contribution in [0.3, 0.4) is 0 Å². The summed E-state index contributed by atoms with van der Waals surface area (Å²) in [5.41, 5.74) is 6.24. The van der Waals surface area contributed by atoms with E-state index in [1.165, 1.54) is 11.3 Å². The number of benzene rings is 3. The molecule has 224 valence electrons. The number of nitrogens with zero attached hydrogens (tertiary/aromatic N) is 4. The van der Waals surface area contributed by atoms with Crippen LogP contribution in [0.2, 0.25) is 5.02 Å². The Bertz CT molecular complexity index is 1890. The summed E-state index contributed by atoms with van der Waals surface area (Å²) in [6, 6.07) is 15.5. The molecule has 4 heterocycles. The number of aromatic nitrogens is 3. The van der Waals surface area contributed by atoms with E-state index in [0.29, 0.717) is 16.6 Å². The molecule has 2 radical (unpaired) electrons. The van der Waals surface area contributed by atoms with E-state index in [4.69, 9.17) is 29.2 Å². The predicted octanol–water partition coefficient (Wildman–Crippen LogP) is 4.87. The van der Waals surface area contributed by atoms with Gasteiger partial charge in [-0.15, -0.1) is 11.3 Å². The Morgan fingerprint density at radius 1 is 1.11 bits per heavy atom. The minimum absolute atomic E-state index is 0.114. The van der Waals surface area contributed by atoms with Crippen molar-refractivity contribution in [2.45, 2.75) is 44.0 Å². The summed E-state index contributed by atoms with van der Waals surface area (Å²) in [4.78, 5) is 19.3. The summed E-state index contributed by atoms with van der Waals surface area (Å²) < 4.78 is 7.34. The van der Waals surface area contributed by atoms with E-state index in [1.54, 1.807) is 18.2 Å². The molecule has 2 fully saturated rings. The van der Waals surface area contributed by atoms with Gasteiger partial charge in [-0.2, -0.15) is 5.10 Å². The molecule has 2 aliphatic heterocycles. The van der Waals surface area contributed by atoms with Crippen molar-refractivity contribution in [3.8, 4) is 21.7 Å². The highest BCUT2D eigenvalue weighted by Crippen LogP contribution is 2.42. The highest BCUT2D eigenvalue weighted by atomic mass is 35.5. The molecule has 3 N–H and O–H groups in total. The number of aryl methyl sites for hydroxylation is 1. The largest absolute Gasteiger partial charge is 0.481 e. The Labute approximate surface area is 264 Å². The summed E-state index contributed by atoms with van der Waals surface area (Å²) in [7, 11) is 5.73. The Balaban J connectivity index is 1.33. The van der Waals surface area contributed by atoms with Gasteiger partial charge in [-0.05, 0) is 85.9 Å². The van der Waals surface area contributed by atoms with Crippen LogP contribution in [0.15, 0.2) is 48.5 Å². The molecule has 12 heteroatoms. The quantitative estimate of drug-likeness (QED) is 0.173. The van der Waals surface area contributed by atoms with Crippen LogP contribution in [-0.2, 0) is 21.8 Å². The number of hydrogen-bond acceptors (Lipinski definition) is 8. The van der Waals surface area contributed by atoms with Crippen molar-refractivity contribution in [3.05, 3.63) is 70.4 Å². The van der Waals surface area contributed by atoms with Gasteiger partial charge >= 0.3 is 5.97 Å². The van der Waals surface area contributed by atoms with Gasteiger partial charge in [0.15, 0.2) is 7.85 Å². The zero-order chi connectivity index (χ0) is 30.7. The molecule has 9 nitrogen and oxygen atoms in total. The van der Waals surface area contributed by atoms with Gasteiger partial charge in [0.25, 0.3) is 0 Å². The molecule has 0 aliphatic carbocycles. The van der Waals surface area contributed by atoms with Gasteiger partial charge in [-0.1, -0.05) is 23.7 Å². The molecule has 2 aromatic heterocycles. The van der Waals surface area contributed by atoms with Crippen LogP contribution in [0.1, 0.15) is 35.6 Å². The number of thiazole rings is 1. The third-order valence-corrected chi connectivity index (χ3v) is 10.2. The number of halogens is 1. The average molecular weight is 629 g/mol. The number of likely N-dealkylation sites (tertiary alicyclic amines) is 1. The van der Waals surface area contributed by atoms with Crippen molar-refractivity contribution in [3.63, 3.8) is 0 Å². The molecule has 0 spiro atoms. The standard InChI is InChI=1S/C32H30BClN4O5S/c1-17-12-25-30(28(23(17)14-27(39)40)18-2-5-21(34)6-3-18)44-31(35-25)20-4-7-26-24(13-20)29(36-38(26)32(33,41)42)19-8-10-37(11-9-19)22-15-43-16-22/h2-7,12-13,19,22,41-42H,8-11,14-16H2,1H3,(H,39,40). The Morgan fingerprint density at radius 2 is 1.82 bits per heavy atom. The smallest absolute Gasteiger partial charge is 0.307 e. The number of fused-ring (bicyclic) bond motifs is 2. The zero-order valence-electron chi connectivity index (χ0n) is 24.0. The summed E-state index contributed by atoms with van der Waals surface area (Å²) in [5.74, 6) is -3.43. The highest BCUT2D eigenvalue weighted by molar-refractivity contribution is 7.22. The molecule has 0 atom stereocenters. The van der Waals surface area contributed by atoms with Gasteiger partial charge < -0.3 is 20.1 Å². The number of carboxylic acid groups (broad SMARTS) is 1. The first-order valence-electron chi connectivity index (χ1n) is 14.6. The number of rotatable bonds is 7. The lowest BCUT2D eigenvalue weighted by Gasteiger charge is -2.41. The number of carboxylic acids is 1. The van der Waals surface area contributed by atoms with Crippen molar-refractivity contribution < 1.29 is 24.9 Å². The second kappa shape index (κ2) is 11.2. The van der Waals surface area contributed by atoms with Crippen molar-refractivity contribution in [2.75, 3.05) is 26.3 Å². The van der Waals surface area contributed by atoms with Gasteiger partial charge in [0.2, 0.25) is 5.81 Å². The summed E-state index contributed by atoms with van der Waals surface area (Å²) in [6.45, 7) is 5.30. The molecule has 7 rings (SSSR count). The average Bonchev–Trinajstić information content (AvgIpc) is 3.55. The molecule has 44 heavy (non-hydrogen) atoms. The van der Waals surface area contributed by atoms with Gasteiger partial charge in [0.05, 0.1) is 47.1 Å². The van der Waals surface area contributed by atoms with Crippen molar-refractivity contribution in [2.24, 2.45) is 0 Å². The lowest BCUT2D eigenvalue weighted by atomic mass is 9.90. The summed E-state index contributed by atoms with van der Waals surface area (Å²) >= 11 is 7.67. The van der Waals surface area contributed by atoms with Crippen LogP contribution in [0, 0.1) is 6.92 Å². The van der Waals surface area contributed by atoms with Crippen LogP contribution >= 0.6 is 22.9 Å². The van der Waals surface area contributed by atoms with E-state index in [9.17, 15) is 20.1 Å². The number of carbonyl (C=O) groups is 1. The first-order valence-corrected chi connectivity index (χ1v) is 15.8. The Hall–Kier alpha value is -3.32. The minimum atomic E-state index is -2.65. The second-order valence-corrected chi connectivity index (χ2v) is 13.1. The maximum absolute atomic E-state index is 11.9. The van der Waals surface area contributed by atoms with Gasteiger partial charge in [0, 0.05) is 27.5 Å². The maximum Gasteiger partial charge on any atom is 0.307 e. The number of ether oxygens (including phenoxy) is 1. The topological polar surface area (TPSA) is 121 Å². The fourth-order valence-corrected chi connectivity index (χ4v) is 7.72. The molecule has 0 saturated carbocycles. The van der Waals surface area contributed by atoms with Crippen molar-refractivity contribution in [1.82, 2.24) is 19.7 Å². The summed E-state index contributed by atoms with van der Waals surface area (Å²) in [6.07, 6.45) is 1.66. The van der Waals surface area contributed by atoms with Crippen LogP contribution in [0.4, 0.5) is 0 Å². The number of piperidine rings is 1. The molecule has 2 saturated heterocycles. The van der Waals surface area contributed by atoms with Crippen LogP contribution in [0.5, 0.6) is 0 Å². The van der Waals surface area contributed by atoms with Crippen LogP contribution in [-0.4, -0.2) is 81.1 Å². The van der Waals surface area contributed by atoms with Gasteiger partial charge in [-0.3, -0.25) is 9.69 Å². The Morgan fingerprint density at radius 3 is 2.45 bits per heavy atom.